The maximum absolute atomic E-state index is 12.2. The van der Waals surface area contributed by atoms with E-state index in [1.807, 2.05) is 12.1 Å². The van der Waals surface area contributed by atoms with Crippen molar-refractivity contribution < 1.29 is 23.1 Å². The summed E-state index contributed by atoms with van der Waals surface area (Å²) < 4.78 is 36.5. The predicted octanol–water partition coefficient (Wildman–Crippen LogP) is 3.34. The number of aliphatic hydroxyl groups is 1. The Balaban J connectivity index is 2.22. The highest BCUT2D eigenvalue weighted by Crippen LogP contribution is 2.24. The lowest BCUT2D eigenvalue weighted by Crippen LogP contribution is -2.30. The van der Waals surface area contributed by atoms with Crippen molar-refractivity contribution in [3.05, 3.63) is 48.0 Å². The highest BCUT2D eigenvalue weighted by Gasteiger charge is 2.39. The molecule has 0 aliphatic carbocycles. The molecule has 5 heteroatoms. The molecule has 2 rings (SSSR count). The van der Waals surface area contributed by atoms with Gasteiger partial charge in [-0.25, -0.2) is 0 Å². The van der Waals surface area contributed by atoms with Crippen LogP contribution in [0.1, 0.15) is 16.8 Å². The molecular formula is C14H11F3O2. The molecule has 0 amide bonds. The summed E-state index contributed by atoms with van der Waals surface area (Å²) in [6.07, 6.45) is -8.35. The van der Waals surface area contributed by atoms with E-state index >= 15 is 0 Å². The van der Waals surface area contributed by atoms with E-state index in [-0.39, 0.29) is 5.56 Å². The summed E-state index contributed by atoms with van der Waals surface area (Å²) in [7, 11) is 0. The molecule has 0 fully saturated rings. The SMILES string of the molecule is O=C(CC(O)C(F)(F)F)c1ccc2ccccc2c1. The number of hydrogen-bond donors (Lipinski definition) is 1. The normalized spacial score (nSPS) is 13.5. The number of carbonyl (C=O) groups excluding carboxylic acids is 1. The van der Waals surface area contributed by atoms with Crippen LogP contribution >= 0.6 is 0 Å². The second-order valence-corrected chi connectivity index (χ2v) is 4.25. The average molecular weight is 268 g/mol. The Morgan fingerprint density at radius 1 is 1.11 bits per heavy atom. The summed E-state index contributed by atoms with van der Waals surface area (Å²) in [5, 5.41) is 10.6. The Morgan fingerprint density at radius 3 is 2.37 bits per heavy atom. The summed E-state index contributed by atoms with van der Waals surface area (Å²) in [6.45, 7) is 0. The first-order valence-electron chi connectivity index (χ1n) is 5.65. The van der Waals surface area contributed by atoms with Crippen LogP contribution in [0.4, 0.5) is 13.2 Å². The van der Waals surface area contributed by atoms with E-state index in [0.717, 1.165) is 10.8 Å². The van der Waals surface area contributed by atoms with Crippen LogP contribution in [0.15, 0.2) is 42.5 Å². The third-order valence-electron chi connectivity index (χ3n) is 2.83. The fraction of sp³-hybridized carbons (Fsp3) is 0.214. The van der Waals surface area contributed by atoms with Gasteiger partial charge < -0.3 is 5.11 Å². The first-order valence-corrected chi connectivity index (χ1v) is 5.65. The van der Waals surface area contributed by atoms with Gasteiger partial charge in [-0.1, -0.05) is 36.4 Å². The van der Waals surface area contributed by atoms with Crippen LogP contribution in [0.3, 0.4) is 0 Å². The van der Waals surface area contributed by atoms with Crippen molar-refractivity contribution in [2.75, 3.05) is 0 Å². The van der Waals surface area contributed by atoms with Gasteiger partial charge in [0.05, 0.1) is 0 Å². The molecule has 0 saturated carbocycles. The monoisotopic (exact) mass is 268 g/mol. The van der Waals surface area contributed by atoms with Crippen LogP contribution in [0.25, 0.3) is 10.8 Å². The Kier molecular flexibility index (Phi) is 3.57. The van der Waals surface area contributed by atoms with Crippen LogP contribution in [-0.4, -0.2) is 23.2 Å². The quantitative estimate of drug-likeness (QED) is 0.867. The predicted molar refractivity (Wildman–Crippen MR) is 65.0 cm³/mol. The van der Waals surface area contributed by atoms with Crippen molar-refractivity contribution in [2.45, 2.75) is 18.7 Å². The Bertz CT molecular complexity index is 605. The lowest BCUT2D eigenvalue weighted by atomic mass is 10.0. The second-order valence-electron chi connectivity index (χ2n) is 4.25. The maximum atomic E-state index is 12.2. The van der Waals surface area contributed by atoms with E-state index < -0.39 is 24.5 Å². The molecule has 1 atom stereocenters. The molecule has 0 spiro atoms. The molecule has 0 aromatic heterocycles. The molecule has 0 radical (unpaired) electrons. The van der Waals surface area contributed by atoms with E-state index in [0.29, 0.717) is 0 Å². The second kappa shape index (κ2) is 5.01. The van der Waals surface area contributed by atoms with Crippen LogP contribution in [0, 0.1) is 0 Å². The largest absolute Gasteiger partial charge is 0.414 e. The molecular weight excluding hydrogens is 257 g/mol. The number of hydrogen-bond acceptors (Lipinski definition) is 2. The van der Waals surface area contributed by atoms with E-state index in [4.69, 9.17) is 5.11 Å². The average Bonchev–Trinajstić information content (AvgIpc) is 2.37. The molecule has 100 valence electrons. The summed E-state index contributed by atoms with van der Waals surface area (Å²) >= 11 is 0. The summed E-state index contributed by atoms with van der Waals surface area (Å²) in [5.41, 5.74) is 0.169. The lowest BCUT2D eigenvalue weighted by molar-refractivity contribution is -0.202. The van der Waals surface area contributed by atoms with E-state index in [9.17, 15) is 18.0 Å². The van der Waals surface area contributed by atoms with E-state index in [2.05, 4.69) is 0 Å². The topological polar surface area (TPSA) is 37.3 Å². The zero-order valence-electron chi connectivity index (χ0n) is 9.82. The van der Waals surface area contributed by atoms with Gasteiger partial charge in [-0.15, -0.1) is 0 Å². The third-order valence-corrected chi connectivity index (χ3v) is 2.83. The maximum Gasteiger partial charge on any atom is 0.414 e. The number of carbonyl (C=O) groups is 1. The highest BCUT2D eigenvalue weighted by atomic mass is 19.4. The van der Waals surface area contributed by atoms with Gasteiger partial charge in [0.25, 0.3) is 0 Å². The minimum atomic E-state index is -4.77. The van der Waals surface area contributed by atoms with E-state index in [1.54, 1.807) is 18.2 Å². The standard InChI is InChI=1S/C14H11F3O2/c15-14(16,17)13(19)8-12(18)11-6-5-9-3-1-2-4-10(9)7-11/h1-7,13,19H,8H2. The van der Waals surface area contributed by atoms with Crippen molar-refractivity contribution >= 4 is 16.6 Å². The van der Waals surface area contributed by atoms with E-state index in [1.165, 1.54) is 12.1 Å². The number of rotatable bonds is 3. The van der Waals surface area contributed by atoms with Crippen molar-refractivity contribution in [1.29, 1.82) is 0 Å². The Hall–Kier alpha value is -1.88. The fourth-order valence-electron chi connectivity index (χ4n) is 1.77. The molecule has 1 N–H and O–H groups in total. The molecule has 0 bridgehead atoms. The van der Waals surface area contributed by atoms with Gasteiger partial charge in [0.2, 0.25) is 0 Å². The summed E-state index contributed by atoms with van der Waals surface area (Å²) in [4.78, 5) is 11.7. The van der Waals surface area contributed by atoms with Gasteiger partial charge in [0.15, 0.2) is 11.9 Å². The molecule has 2 aromatic rings. The zero-order chi connectivity index (χ0) is 14.0. The molecule has 0 aliphatic rings. The third kappa shape index (κ3) is 3.12. The Labute approximate surface area is 107 Å². The van der Waals surface area contributed by atoms with Crippen LogP contribution in [0.2, 0.25) is 0 Å². The number of halogens is 3. The van der Waals surface area contributed by atoms with Gasteiger partial charge in [0.1, 0.15) is 0 Å². The first kappa shape index (κ1) is 13.5. The van der Waals surface area contributed by atoms with Gasteiger partial charge in [-0.05, 0) is 16.8 Å². The smallest absolute Gasteiger partial charge is 0.383 e. The van der Waals surface area contributed by atoms with Crippen LogP contribution in [-0.2, 0) is 0 Å². The molecule has 2 nitrogen and oxygen atoms in total. The number of aliphatic hydroxyl groups excluding tert-OH is 1. The first-order chi connectivity index (χ1) is 8.88. The molecule has 1 unspecified atom stereocenters. The van der Waals surface area contributed by atoms with Crippen molar-refractivity contribution in [2.24, 2.45) is 0 Å². The van der Waals surface area contributed by atoms with Gasteiger partial charge in [-0.3, -0.25) is 4.79 Å². The Morgan fingerprint density at radius 2 is 1.74 bits per heavy atom. The minimum Gasteiger partial charge on any atom is -0.383 e. The van der Waals surface area contributed by atoms with Crippen LogP contribution < -0.4 is 0 Å². The minimum absolute atomic E-state index is 0.169. The number of alkyl halides is 3. The number of ketones is 1. The summed E-state index contributed by atoms with van der Waals surface area (Å²) in [6, 6.07) is 11.9. The van der Waals surface area contributed by atoms with Crippen molar-refractivity contribution in [3.8, 4) is 0 Å². The zero-order valence-corrected chi connectivity index (χ0v) is 9.82. The molecule has 19 heavy (non-hydrogen) atoms. The molecule has 0 heterocycles. The lowest BCUT2D eigenvalue weighted by Gasteiger charge is -2.13. The number of Topliss-reactive ketones (excluding diaryl/α,β-unsaturated/α-hetero) is 1. The number of fused-ring (bicyclic) bond motifs is 1. The van der Waals surface area contributed by atoms with Gasteiger partial charge in [-0.2, -0.15) is 13.2 Å². The van der Waals surface area contributed by atoms with Gasteiger partial charge in [0, 0.05) is 12.0 Å². The van der Waals surface area contributed by atoms with Crippen molar-refractivity contribution in [3.63, 3.8) is 0 Å². The fourth-order valence-corrected chi connectivity index (χ4v) is 1.77. The molecule has 2 aromatic carbocycles. The van der Waals surface area contributed by atoms with Crippen LogP contribution in [0.5, 0.6) is 0 Å². The molecule has 0 saturated heterocycles. The van der Waals surface area contributed by atoms with Crippen molar-refractivity contribution in [1.82, 2.24) is 0 Å². The molecule has 0 aliphatic heterocycles. The summed E-state index contributed by atoms with van der Waals surface area (Å²) in [5.74, 6) is -0.726. The highest BCUT2D eigenvalue weighted by molar-refractivity contribution is 6.00. The number of benzene rings is 2. The van der Waals surface area contributed by atoms with Gasteiger partial charge >= 0.3 is 6.18 Å².